The third kappa shape index (κ3) is 10.0. The molecule has 0 aromatic heterocycles. The molecule has 36 heavy (non-hydrogen) atoms. The molecule has 0 bridgehead atoms. The summed E-state index contributed by atoms with van der Waals surface area (Å²) in [6, 6.07) is 0. The number of rotatable bonds is 19. The second-order valence-corrected chi connectivity index (χ2v) is 10.5. The zero-order valence-corrected chi connectivity index (χ0v) is 21.2. The lowest BCUT2D eigenvalue weighted by Crippen LogP contribution is -2.41. The number of carbonyl (C=O) groups excluding carboxylic acids is 4. The topological polar surface area (TPSA) is 112 Å². The second kappa shape index (κ2) is 13.4. The largest absolute Gasteiger partial charge is 0.464 e. The van der Waals surface area contributed by atoms with Gasteiger partial charge in [-0.15, -0.1) is 0 Å². The summed E-state index contributed by atoms with van der Waals surface area (Å²) in [4.78, 5) is 51.8. The van der Waals surface area contributed by atoms with Gasteiger partial charge in [0.1, 0.15) is 26.4 Å². The Bertz CT molecular complexity index is 650. The van der Waals surface area contributed by atoms with Gasteiger partial charge in [0.05, 0.1) is 23.7 Å². The minimum absolute atomic E-state index is 0.0603. The Morgan fingerprint density at radius 1 is 0.417 bits per heavy atom. The van der Waals surface area contributed by atoms with Crippen LogP contribution < -0.4 is 0 Å². The van der Waals surface area contributed by atoms with Gasteiger partial charge < -0.3 is 18.9 Å². The summed E-state index contributed by atoms with van der Waals surface area (Å²) in [6.45, 7) is 4.65. The van der Waals surface area contributed by atoms with E-state index in [9.17, 15) is 19.2 Å². The zero-order valence-electron chi connectivity index (χ0n) is 21.2. The van der Waals surface area contributed by atoms with E-state index in [1.54, 1.807) is 0 Å². The van der Waals surface area contributed by atoms with Gasteiger partial charge in [0, 0.05) is 39.3 Å². The molecule has 202 valence electrons. The summed E-state index contributed by atoms with van der Waals surface area (Å²) in [5, 5.41) is 0. The first kappa shape index (κ1) is 26.9. The molecule has 0 unspecified atom stereocenters. The lowest BCUT2D eigenvalue weighted by Gasteiger charge is -2.27. The monoisotopic (exact) mass is 508 g/mol. The van der Waals surface area contributed by atoms with Crippen LogP contribution in [0.25, 0.3) is 0 Å². The van der Waals surface area contributed by atoms with Gasteiger partial charge in [0.15, 0.2) is 0 Å². The van der Waals surface area contributed by atoms with E-state index < -0.39 is 0 Å². The smallest absolute Gasteiger partial charge is 0.308 e. The molecule has 4 aliphatic rings. The van der Waals surface area contributed by atoms with Crippen LogP contribution in [0.1, 0.15) is 51.4 Å². The Balaban J connectivity index is 1.21. The second-order valence-electron chi connectivity index (χ2n) is 10.5. The SMILES string of the molecule is O=C(OCCN(CCOC(=O)C1CC1)CCN(CCOC(=O)C1CC1)CCOC(=O)C1CC1)C1CC1. The van der Waals surface area contributed by atoms with Crippen LogP contribution in [-0.4, -0.2) is 99.4 Å². The molecule has 10 heteroatoms. The van der Waals surface area contributed by atoms with Crippen molar-refractivity contribution in [3.05, 3.63) is 0 Å². The standard InChI is InChI=1S/C26H40N2O8/c29-23(19-1-2-19)33-15-11-27(12-16-34-24(30)20-3-4-20)9-10-28(13-17-35-25(31)21-5-6-21)14-18-36-26(32)22-7-8-22/h19-22H,1-18H2. The van der Waals surface area contributed by atoms with E-state index in [-0.39, 0.29) is 47.5 Å². The van der Waals surface area contributed by atoms with Crippen molar-refractivity contribution in [2.75, 3.05) is 65.7 Å². The van der Waals surface area contributed by atoms with Crippen molar-refractivity contribution in [2.24, 2.45) is 23.7 Å². The molecule has 4 aliphatic carbocycles. The van der Waals surface area contributed by atoms with Gasteiger partial charge in [-0.2, -0.15) is 0 Å². The van der Waals surface area contributed by atoms with Crippen LogP contribution in [0, 0.1) is 23.7 Å². The molecule has 0 radical (unpaired) electrons. The molecule has 0 aliphatic heterocycles. The summed E-state index contributed by atoms with van der Waals surface area (Å²) in [7, 11) is 0. The van der Waals surface area contributed by atoms with Crippen molar-refractivity contribution in [1.82, 2.24) is 9.80 Å². The summed E-state index contributed by atoms with van der Waals surface area (Å²) >= 11 is 0. The molecule has 0 N–H and O–H groups in total. The van der Waals surface area contributed by atoms with Crippen LogP contribution >= 0.6 is 0 Å². The maximum absolute atomic E-state index is 11.9. The first-order valence-electron chi connectivity index (χ1n) is 13.6. The number of hydrogen-bond donors (Lipinski definition) is 0. The first-order valence-corrected chi connectivity index (χ1v) is 13.6. The van der Waals surface area contributed by atoms with Gasteiger partial charge in [-0.05, 0) is 51.4 Å². The van der Waals surface area contributed by atoms with Gasteiger partial charge >= 0.3 is 23.9 Å². The van der Waals surface area contributed by atoms with E-state index in [0.29, 0.717) is 65.7 Å². The number of carbonyl (C=O) groups is 4. The summed E-state index contributed by atoms with van der Waals surface area (Å²) < 4.78 is 21.6. The average molecular weight is 509 g/mol. The molecular weight excluding hydrogens is 468 g/mol. The van der Waals surface area contributed by atoms with Crippen molar-refractivity contribution in [3.63, 3.8) is 0 Å². The highest BCUT2D eigenvalue weighted by molar-refractivity contribution is 5.76. The predicted molar refractivity (Wildman–Crippen MR) is 128 cm³/mol. The van der Waals surface area contributed by atoms with Gasteiger partial charge in [0.2, 0.25) is 0 Å². The van der Waals surface area contributed by atoms with Crippen LogP contribution in [0.4, 0.5) is 0 Å². The Labute approximate surface area is 212 Å². The summed E-state index contributed by atoms with van der Waals surface area (Å²) in [5.74, 6) is -0.290. The van der Waals surface area contributed by atoms with E-state index >= 15 is 0 Å². The number of esters is 4. The van der Waals surface area contributed by atoms with Crippen molar-refractivity contribution < 1.29 is 38.1 Å². The van der Waals surface area contributed by atoms with Crippen molar-refractivity contribution in [1.29, 1.82) is 0 Å². The Kier molecular flexibility index (Phi) is 9.98. The molecule has 0 atom stereocenters. The molecule has 4 saturated carbocycles. The Hall–Kier alpha value is -2.20. The fourth-order valence-corrected chi connectivity index (χ4v) is 3.80. The van der Waals surface area contributed by atoms with Crippen LogP contribution in [-0.2, 0) is 38.1 Å². The molecule has 10 nitrogen and oxygen atoms in total. The minimum Gasteiger partial charge on any atom is -0.464 e. The van der Waals surface area contributed by atoms with Crippen LogP contribution in [0.5, 0.6) is 0 Å². The molecule has 0 heterocycles. The number of nitrogens with zero attached hydrogens (tertiary/aromatic N) is 2. The van der Waals surface area contributed by atoms with Gasteiger partial charge in [0.25, 0.3) is 0 Å². The van der Waals surface area contributed by atoms with E-state index in [1.807, 2.05) is 0 Å². The highest BCUT2D eigenvalue weighted by atomic mass is 16.5. The highest BCUT2D eigenvalue weighted by Crippen LogP contribution is 2.31. The zero-order chi connectivity index (χ0) is 25.3. The third-order valence-corrected chi connectivity index (χ3v) is 6.98. The van der Waals surface area contributed by atoms with Crippen LogP contribution in [0.3, 0.4) is 0 Å². The molecule has 0 spiro atoms. The average Bonchev–Trinajstić information content (AvgIpc) is 3.71. The summed E-state index contributed by atoms with van der Waals surface area (Å²) in [5.41, 5.74) is 0. The molecule has 0 aromatic rings. The van der Waals surface area contributed by atoms with Gasteiger partial charge in [-0.25, -0.2) is 0 Å². The molecule has 0 amide bonds. The van der Waals surface area contributed by atoms with Crippen molar-refractivity contribution >= 4 is 23.9 Å². The molecule has 0 aromatic carbocycles. The third-order valence-electron chi connectivity index (χ3n) is 6.98. The molecule has 0 saturated heterocycles. The normalized spacial score (nSPS) is 19.3. The minimum atomic E-state index is -0.133. The number of ether oxygens (including phenoxy) is 4. The van der Waals surface area contributed by atoms with Crippen molar-refractivity contribution in [3.8, 4) is 0 Å². The predicted octanol–water partition coefficient (Wildman–Crippen LogP) is 1.40. The maximum atomic E-state index is 11.9. The summed E-state index contributed by atoms with van der Waals surface area (Å²) in [6.07, 6.45) is 7.26. The highest BCUT2D eigenvalue weighted by Gasteiger charge is 2.33. The Morgan fingerprint density at radius 2 is 0.639 bits per heavy atom. The molecule has 4 fully saturated rings. The quantitative estimate of drug-likeness (QED) is 0.187. The Morgan fingerprint density at radius 3 is 0.833 bits per heavy atom. The van der Waals surface area contributed by atoms with Crippen molar-refractivity contribution in [2.45, 2.75) is 51.4 Å². The van der Waals surface area contributed by atoms with E-state index in [2.05, 4.69) is 9.80 Å². The maximum Gasteiger partial charge on any atom is 0.308 e. The number of hydrogen-bond acceptors (Lipinski definition) is 10. The fraction of sp³-hybridized carbons (Fsp3) is 0.846. The van der Waals surface area contributed by atoms with Crippen LogP contribution in [0.2, 0.25) is 0 Å². The lowest BCUT2D eigenvalue weighted by molar-refractivity contribution is -0.148. The molecular formula is C26H40N2O8. The lowest BCUT2D eigenvalue weighted by atomic mass is 10.4. The fourth-order valence-electron chi connectivity index (χ4n) is 3.80. The van der Waals surface area contributed by atoms with Gasteiger partial charge in [-0.1, -0.05) is 0 Å². The molecule has 4 rings (SSSR count). The van der Waals surface area contributed by atoms with E-state index in [0.717, 1.165) is 51.4 Å². The first-order chi connectivity index (χ1) is 17.5. The van der Waals surface area contributed by atoms with E-state index in [4.69, 9.17) is 18.9 Å². The van der Waals surface area contributed by atoms with Crippen LogP contribution in [0.15, 0.2) is 0 Å². The van der Waals surface area contributed by atoms with Gasteiger partial charge in [-0.3, -0.25) is 29.0 Å². The van der Waals surface area contributed by atoms with E-state index in [1.165, 1.54) is 0 Å².